The summed E-state index contributed by atoms with van der Waals surface area (Å²) >= 11 is 1.15. The van der Waals surface area contributed by atoms with E-state index in [1.54, 1.807) is 4.90 Å². The molecule has 0 bridgehead atoms. The smallest absolute Gasteiger partial charge is 0.267 e. The predicted octanol–water partition coefficient (Wildman–Crippen LogP) is 0.973. The van der Waals surface area contributed by atoms with Crippen LogP contribution in [0.1, 0.15) is 42.6 Å². The third-order valence-electron chi connectivity index (χ3n) is 3.62. The fraction of sp³-hybridized carbons (Fsp3) is 0.786. The van der Waals surface area contributed by atoms with Gasteiger partial charge in [-0.1, -0.05) is 25.3 Å². The van der Waals surface area contributed by atoms with E-state index < -0.39 is 6.10 Å². The number of carbonyl (C=O) groups is 1. The maximum atomic E-state index is 12.8. The second-order valence-corrected chi connectivity index (χ2v) is 7.72. The van der Waals surface area contributed by atoms with Gasteiger partial charge in [-0.2, -0.15) is 0 Å². The van der Waals surface area contributed by atoms with E-state index in [0.717, 1.165) is 23.8 Å². The fourth-order valence-electron chi connectivity index (χ4n) is 2.69. The first-order valence-corrected chi connectivity index (χ1v) is 7.94. The molecule has 118 valence electrons. The number of hydrogen-bond acceptors (Lipinski definition) is 6. The molecule has 2 rings (SSSR count). The topological polar surface area (TPSA) is 69.6 Å². The molecule has 1 aromatic rings. The van der Waals surface area contributed by atoms with Gasteiger partial charge in [0.05, 0.1) is 11.8 Å². The molecule has 21 heavy (non-hydrogen) atoms. The standard InChI is InChI=1S/C14H24N4O2S/c1-14(2,3)12-11(21-16-15-12)13(20)18-8-10(19)6-9(18)7-17(4)5/h9-10,19H,6-8H2,1-5H3. The lowest BCUT2D eigenvalue weighted by molar-refractivity contribution is 0.0701. The van der Waals surface area contributed by atoms with Crippen LogP contribution in [0.25, 0.3) is 0 Å². The first kappa shape index (κ1) is 16.3. The SMILES string of the molecule is CN(C)CC1CC(O)CN1C(=O)c1snnc1C(C)(C)C. The number of aliphatic hydroxyl groups is 1. The summed E-state index contributed by atoms with van der Waals surface area (Å²) < 4.78 is 3.96. The van der Waals surface area contributed by atoms with Gasteiger partial charge in [0.2, 0.25) is 0 Å². The third-order valence-corrected chi connectivity index (χ3v) is 4.34. The zero-order valence-electron chi connectivity index (χ0n) is 13.3. The van der Waals surface area contributed by atoms with Gasteiger partial charge in [-0.25, -0.2) is 0 Å². The lowest BCUT2D eigenvalue weighted by atomic mass is 9.91. The van der Waals surface area contributed by atoms with Gasteiger partial charge >= 0.3 is 0 Å². The van der Waals surface area contributed by atoms with Crippen molar-refractivity contribution < 1.29 is 9.90 Å². The Hall–Kier alpha value is -1.05. The van der Waals surface area contributed by atoms with Crippen LogP contribution in [-0.2, 0) is 5.41 Å². The van der Waals surface area contributed by atoms with Crippen LogP contribution in [0.15, 0.2) is 0 Å². The summed E-state index contributed by atoms with van der Waals surface area (Å²) in [4.78, 5) is 17.3. The minimum atomic E-state index is -0.446. The number of aromatic nitrogens is 2. The lowest BCUT2D eigenvalue weighted by Crippen LogP contribution is -2.41. The quantitative estimate of drug-likeness (QED) is 0.901. The normalized spacial score (nSPS) is 23.1. The maximum Gasteiger partial charge on any atom is 0.267 e. The Morgan fingerprint density at radius 2 is 2.14 bits per heavy atom. The zero-order valence-corrected chi connectivity index (χ0v) is 14.1. The van der Waals surface area contributed by atoms with Gasteiger partial charge in [-0.15, -0.1) is 5.10 Å². The van der Waals surface area contributed by atoms with Gasteiger partial charge in [0, 0.05) is 24.5 Å². The highest BCUT2D eigenvalue weighted by atomic mass is 32.1. The van der Waals surface area contributed by atoms with E-state index in [-0.39, 0.29) is 17.4 Å². The average molecular weight is 312 g/mol. The van der Waals surface area contributed by atoms with Crippen LogP contribution in [0, 0.1) is 0 Å². The molecule has 1 aliphatic heterocycles. The molecule has 1 fully saturated rings. The van der Waals surface area contributed by atoms with Crippen LogP contribution in [0.4, 0.5) is 0 Å². The lowest BCUT2D eigenvalue weighted by Gasteiger charge is -2.27. The summed E-state index contributed by atoms with van der Waals surface area (Å²) in [5, 5.41) is 14.1. The minimum Gasteiger partial charge on any atom is -0.391 e. The molecule has 0 radical (unpaired) electrons. The fourth-order valence-corrected chi connectivity index (χ4v) is 3.52. The van der Waals surface area contributed by atoms with Crippen molar-refractivity contribution in [3.63, 3.8) is 0 Å². The number of β-amino-alcohol motifs (C(OH)–C–C–N with tert-alkyl or cyclic N) is 1. The van der Waals surface area contributed by atoms with Crippen molar-refractivity contribution in [2.45, 2.75) is 44.8 Å². The molecule has 1 N–H and O–H groups in total. The molecule has 1 saturated heterocycles. The van der Waals surface area contributed by atoms with Crippen molar-refractivity contribution >= 4 is 17.4 Å². The van der Waals surface area contributed by atoms with Gasteiger partial charge in [0.25, 0.3) is 5.91 Å². The summed E-state index contributed by atoms with van der Waals surface area (Å²) in [7, 11) is 3.95. The van der Waals surface area contributed by atoms with Gasteiger partial charge in [0.1, 0.15) is 4.88 Å². The Bertz CT molecular complexity index is 509. The molecule has 2 unspecified atom stereocenters. The van der Waals surface area contributed by atoms with Crippen LogP contribution < -0.4 is 0 Å². The summed E-state index contributed by atoms with van der Waals surface area (Å²) in [6, 6.07) is 0.0393. The Balaban J connectivity index is 2.25. The highest BCUT2D eigenvalue weighted by molar-refractivity contribution is 7.08. The largest absolute Gasteiger partial charge is 0.391 e. The number of carbonyl (C=O) groups excluding carboxylic acids is 1. The zero-order chi connectivity index (χ0) is 15.8. The van der Waals surface area contributed by atoms with Gasteiger partial charge in [-0.3, -0.25) is 4.79 Å². The molecule has 7 heteroatoms. The molecule has 2 atom stereocenters. The Labute approximate surface area is 129 Å². The molecule has 0 aliphatic carbocycles. The van der Waals surface area contributed by atoms with Crippen LogP contribution in [0.5, 0.6) is 0 Å². The minimum absolute atomic E-state index is 0.0393. The van der Waals surface area contributed by atoms with E-state index in [1.807, 2.05) is 39.8 Å². The number of likely N-dealkylation sites (N-methyl/N-ethyl adjacent to an activating group) is 1. The monoisotopic (exact) mass is 312 g/mol. The first-order valence-electron chi connectivity index (χ1n) is 7.16. The van der Waals surface area contributed by atoms with E-state index >= 15 is 0 Å². The van der Waals surface area contributed by atoms with Crippen LogP contribution in [-0.4, -0.2) is 69.7 Å². The Kier molecular flexibility index (Phi) is 4.65. The van der Waals surface area contributed by atoms with E-state index in [1.165, 1.54) is 0 Å². The summed E-state index contributed by atoms with van der Waals surface area (Å²) in [6.45, 7) is 7.21. The van der Waals surface area contributed by atoms with Gasteiger partial charge in [0.15, 0.2) is 0 Å². The van der Waals surface area contributed by atoms with Crippen LogP contribution in [0.2, 0.25) is 0 Å². The molecular formula is C14H24N4O2S. The van der Waals surface area contributed by atoms with Crippen molar-refractivity contribution in [1.82, 2.24) is 19.4 Å². The molecule has 0 spiro atoms. The Morgan fingerprint density at radius 1 is 1.48 bits per heavy atom. The highest BCUT2D eigenvalue weighted by Crippen LogP contribution is 2.29. The first-order chi connectivity index (χ1) is 9.70. The number of aliphatic hydroxyl groups excluding tert-OH is 1. The molecule has 1 amide bonds. The number of hydrogen-bond donors (Lipinski definition) is 1. The van der Waals surface area contributed by atoms with Crippen molar-refractivity contribution in [2.75, 3.05) is 27.2 Å². The molecule has 0 aromatic carbocycles. The molecule has 1 aliphatic rings. The highest BCUT2D eigenvalue weighted by Gasteiger charge is 2.38. The van der Waals surface area contributed by atoms with Crippen molar-refractivity contribution in [2.24, 2.45) is 0 Å². The second-order valence-electron chi connectivity index (χ2n) is 6.96. The van der Waals surface area contributed by atoms with Crippen molar-refractivity contribution in [1.29, 1.82) is 0 Å². The number of likely N-dealkylation sites (tertiary alicyclic amines) is 1. The molecule has 6 nitrogen and oxygen atoms in total. The number of nitrogens with zero attached hydrogens (tertiary/aromatic N) is 4. The average Bonchev–Trinajstić information content (AvgIpc) is 2.93. The summed E-state index contributed by atoms with van der Waals surface area (Å²) in [5.74, 6) is -0.0571. The summed E-state index contributed by atoms with van der Waals surface area (Å²) in [6.07, 6.45) is 0.180. The van der Waals surface area contributed by atoms with E-state index in [0.29, 0.717) is 17.8 Å². The molecule has 0 saturated carbocycles. The number of rotatable bonds is 3. The van der Waals surface area contributed by atoms with E-state index in [2.05, 4.69) is 9.59 Å². The molecule has 2 heterocycles. The second kappa shape index (κ2) is 5.98. The molecule has 1 aromatic heterocycles. The predicted molar refractivity (Wildman–Crippen MR) is 82.6 cm³/mol. The maximum absolute atomic E-state index is 12.8. The van der Waals surface area contributed by atoms with Crippen molar-refractivity contribution in [3.05, 3.63) is 10.6 Å². The van der Waals surface area contributed by atoms with Crippen LogP contribution in [0.3, 0.4) is 0 Å². The van der Waals surface area contributed by atoms with Crippen LogP contribution >= 0.6 is 11.5 Å². The number of amides is 1. The van der Waals surface area contributed by atoms with Gasteiger partial charge < -0.3 is 14.9 Å². The van der Waals surface area contributed by atoms with E-state index in [9.17, 15) is 9.90 Å². The van der Waals surface area contributed by atoms with E-state index in [4.69, 9.17) is 0 Å². The van der Waals surface area contributed by atoms with Crippen molar-refractivity contribution in [3.8, 4) is 0 Å². The summed E-state index contributed by atoms with van der Waals surface area (Å²) in [5.41, 5.74) is 0.524. The van der Waals surface area contributed by atoms with Gasteiger partial charge in [-0.05, 0) is 32.0 Å². The Morgan fingerprint density at radius 3 is 2.71 bits per heavy atom. The third kappa shape index (κ3) is 3.59. The molecular weight excluding hydrogens is 288 g/mol.